The molecule has 0 radical (unpaired) electrons. The lowest BCUT2D eigenvalue weighted by molar-refractivity contribution is -0.156. The molecular weight excluding hydrogens is 370 g/mol. The van der Waals surface area contributed by atoms with Crippen LogP contribution in [-0.2, 0) is 14.3 Å². The average molecular weight is 395 g/mol. The Kier molecular flexibility index (Phi) is 6.89. The van der Waals surface area contributed by atoms with Crippen LogP contribution in [-0.4, -0.2) is 44.1 Å². The Morgan fingerprint density at radius 3 is 2.38 bits per heavy atom. The lowest BCUT2D eigenvalue weighted by Crippen LogP contribution is -2.34. The molecule has 6 nitrogen and oxygen atoms in total. The van der Waals surface area contributed by atoms with Crippen molar-refractivity contribution in [2.45, 2.75) is 18.9 Å². The third kappa shape index (κ3) is 5.16. The summed E-state index contributed by atoms with van der Waals surface area (Å²) in [4.78, 5) is 27.2. The topological polar surface area (TPSA) is 65.1 Å². The van der Waals surface area contributed by atoms with Crippen LogP contribution >= 0.6 is 0 Å². The Labute approximate surface area is 170 Å². The molecule has 0 unspecified atom stereocenters. The minimum atomic E-state index is -0.960. The third-order valence-electron chi connectivity index (χ3n) is 4.81. The van der Waals surface area contributed by atoms with Crippen LogP contribution in [0.25, 0.3) is 6.08 Å². The van der Waals surface area contributed by atoms with E-state index in [9.17, 15) is 9.59 Å². The Bertz CT molecular complexity index is 872. The van der Waals surface area contributed by atoms with Crippen LogP contribution in [0, 0.1) is 0 Å². The molecule has 0 spiro atoms. The molecule has 3 rings (SSSR count). The minimum Gasteiger partial charge on any atom is -0.497 e. The number of rotatable bonds is 7. The van der Waals surface area contributed by atoms with Crippen molar-refractivity contribution in [3.05, 3.63) is 65.7 Å². The number of carbonyl (C=O) groups excluding carboxylic acids is 2. The van der Waals surface area contributed by atoms with Gasteiger partial charge in [0.05, 0.1) is 14.2 Å². The fraction of sp³-hybridized carbons (Fsp3) is 0.304. The van der Waals surface area contributed by atoms with Gasteiger partial charge in [0.25, 0.3) is 5.91 Å². The number of nitrogens with zero attached hydrogens (tertiary/aromatic N) is 1. The van der Waals surface area contributed by atoms with Gasteiger partial charge in [-0.3, -0.25) is 4.79 Å². The van der Waals surface area contributed by atoms with Crippen LogP contribution in [0.5, 0.6) is 11.5 Å². The minimum absolute atomic E-state index is 0.186. The van der Waals surface area contributed by atoms with Gasteiger partial charge in [0.1, 0.15) is 11.5 Å². The molecule has 1 aliphatic rings. The zero-order valence-corrected chi connectivity index (χ0v) is 16.7. The van der Waals surface area contributed by atoms with E-state index in [4.69, 9.17) is 14.2 Å². The molecule has 1 saturated heterocycles. The molecule has 1 atom stereocenters. The highest BCUT2D eigenvalue weighted by Crippen LogP contribution is 2.26. The maximum atomic E-state index is 12.9. The molecule has 2 aromatic carbocycles. The predicted octanol–water partition coefficient (Wildman–Crippen LogP) is 3.62. The summed E-state index contributed by atoms with van der Waals surface area (Å²) < 4.78 is 16.1. The van der Waals surface area contributed by atoms with Crippen LogP contribution in [0.15, 0.2) is 54.6 Å². The summed E-state index contributed by atoms with van der Waals surface area (Å²) in [6.07, 6.45) is 3.86. The van der Waals surface area contributed by atoms with E-state index in [0.29, 0.717) is 35.7 Å². The van der Waals surface area contributed by atoms with Crippen LogP contribution < -0.4 is 9.47 Å². The van der Waals surface area contributed by atoms with Crippen molar-refractivity contribution >= 4 is 18.0 Å². The first-order valence-corrected chi connectivity index (χ1v) is 9.57. The molecule has 29 heavy (non-hydrogen) atoms. The SMILES string of the molecule is COc1ccc(OC)c(/C=C/C(=O)O[C@H](C(=O)N2CCCC2)c2ccccc2)c1. The molecular formula is C23H25NO5. The molecule has 1 fully saturated rings. The number of ether oxygens (including phenoxy) is 3. The number of hydrogen-bond donors (Lipinski definition) is 0. The average Bonchev–Trinajstić information content (AvgIpc) is 3.31. The van der Waals surface area contributed by atoms with Crippen molar-refractivity contribution in [1.82, 2.24) is 4.90 Å². The van der Waals surface area contributed by atoms with Gasteiger partial charge in [-0.1, -0.05) is 30.3 Å². The van der Waals surface area contributed by atoms with Crippen molar-refractivity contribution in [2.75, 3.05) is 27.3 Å². The largest absolute Gasteiger partial charge is 0.497 e. The third-order valence-corrected chi connectivity index (χ3v) is 4.81. The Morgan fingerprint density at radius 1 is 1.00 bits per heavy atom. The second-order valence-electron chi connectivity index (χ2n) is 6.70. The molecule has 6 heteroatoms. The summed E-state index contributed by atoms with van der Waals surface area (Å²) in [5.41, 5.74) is 1.33. The van der Waals surface area contributed by atoms with Gasteiger partial charge in [0, 0.05) is 30.3 Å². The molecule has 2 aromatic rings. The van der Waals surface area contributed by atoms with E-state index >= 15 is 0 Å². The van der Waals surface area contributed by atoms with E-state index < -0.39 is 12.1 Å². The lowest BCUT2D eigenvalue weighted by Gasteiger charge is -2.23. The number of hydrogen-bond acceptors (Lipinski definition) is 5. The number of methoxy groups -OCH3 is 2. The molecule has 1 heterocycles. The second-order valence-corrected chi connectivity index (χ2v) is 6.70. The van der Waals surface area contributed by atoms with E-state index in [2.05, 4.69) is 0 Å². The first-order chi connectivity index (χ1) is 14.1. The Balaban J connectivity index is 1.78. The van der Waals surface area contributed by atoms with Crippen LogP contribution in [0.1, 0.15) is 30.1 Å². The van der Waals surface area contributed by atoms with Crippen LogP contribution in [0.2, 0.25) is 0 Å². The Morgan fingerprint density at radius 2 is 1.72 bits per heavy atom. The zero-order chi connectivity index (χ0) is 20.6. The zero-order valence-electron chi connectivity index (χ0n) is 16.7. The van der Waals surface area contributed by atoms with E-state index in [1.54, 1.807) is 55.5 Å². The summed E-state index contributed by atoms with van der Waals surface area (Å²) in [6, 6.07) is 14.4. The van der Waals surface area contributed by atoms with Gasteiger partial charge >= 0.3 is 5.97 Å². The number of carbonyl (C=O) groups is 2. The smallest absolute Gasteiger partial charge is 0.331 e. The van der Waals surface area contributed by atoms with Gasteiger partial charge in [-0.15, -0.1) is 0 Å². The predicted molar refractivity (Wildman–Crippen MR) is 110 cm³/mol. The van der Waals surface area contributed by atoms with Crippen molar-refractivity contribution in [1.29, 1.82) is 0 Å². The summed E-state index contributed by atoms with van der Waals surface area (Å²) in [7, 11) is 3.12. The van der Waals surface area contributed by atoms with Crippen molar-refractivity contribution < 1.29 is 23.8 Å². The molecule has 0 aliphatic carbocycles. The molecule has 0 saturated carbocycles. The summed E-state index contributed by atoms with van der Waals surface area (Å²) in [6.45, 7) is 1.38. The molecule has 0 bridgehead atoms. The lowest BCUT2D eigenvalue weighted by atomic mass is 10.1. The molecule has 152 valence electrons. The van der Waals surface area contributed by atoms with Gasteiger partial charge in [-0.25, -0.2) is 4.79 Å². The van der Waals surface area contributed by atoms with E-state index in [-0.39, 0.29) is 5.91 Å². The fourth-order valence-electron chi connectivity index (χ4n) is 3.28. The number of amides is 1. The number of esters is 1. The highest BCUT2D eigenvalue weighted by atomic mass is 16.5. The van der Waals surface area contributed by atoms with Gasteiger partial charge in [-0.2, -0.15) is 0 Å². The number of likely N-dealkylation sites (tertiary alicyclic amines) is 1. The summed E-state index contributed by atoms with van der Waals surface area (Å²) in [5, 5.41) is 0. The maximum Gasteiger partial charge on any atom is 0.331 e. The van der Waals surface area contributed by atoms with Crippen molar-refractivity contribution in [3.8, 4) is 11.5 Å². The monoisotopic (exact) mass is 395 g/mol. The molecule has 1 amide bonds. The van der Waals surface area contributed by atoms with Crippen molar-refractivity contribution in [2.24, 2.45) is 0 Å². The number of benzene rings is 2. The van der Waals surface area contributed by atoms with E-state index in [0.717, 1.165) is 12.8 Å². The van der Waals surface area contributed by atoms with Gasteiger partial charge < -0.3 is 19.1 Å². The summed E-state index contributed by atoms with van der Waals surface area (Å²) >= 11 is 0. The molecule has 0 N–H and O–H groups in total. The first-order valence-electron chi connectivity index (χ1n) is 9.57. The van der Waals surface area contributed by atoms with Crippen LogP contribution in [0.4, 0.5) is 0 Å². The van der Waals surface area contributed by atoms with Crippen LogP contribution in [0.3, 0.4) is 0 Å². The maximum absolute atomic E-state index is 12.9. The standard InChI is InChI=1S/C23H25NO5/c1-27-19-11-12-20(28-2)18(16-19)10-13-21(25)29-22(17-8-4-3-5-9-17)23(26)24-14-6-7-15-24/h3-5,8-13,16,22H,6-7,14-15H2,1-2H3/b13-10+/t22-/m0/s1. The molecule has 1 aliphatic heterocycles. The van der Waals surface area contributed by atoms with Gasteiger partial charge in [0.2, 0.25) is 6.10 Å². The highest BCUT2D eigenvalue weighted by molar-refractivity contribution is 5.91. The van der Waals surface area contributed by atoms with Gasteiger partial charge in [0.15, 0.2) is 0 Å². The first kappa shape index (κ1) is 20.5. The summed E-state index contributed by atoms with van der Waals surface area (Å²) in [5.74, 6) is 0.457. The second kappa shape index (κ2) is 9.78. The fourth-order valence-corrected chi connectivity index (χ4v) is 3.28. The van der Waals surface area contributed by atoms with E-state index in [1.165, 1.54) is 6.08 Å². The molecule has 0 aromatic heterocycles. The van der Waals surface area contributed by atoms with Gasteiger partial charge in [-0.05, 0) is 37.1 Å². The normalized spacial score (nSPS) is 14.6. The van der Waals surface area contributed by atoms with E-state index in [1.807, 2.05) is 18.2 Å². The van der Waals surface area contributed by atoms with Crippen molar-refractivity contribution in [3.63, 3.8) is 0 Å². The Hall–Kier alpha value is -3.28. The quantitative estimate of drug-likeness (QED) is 0.529. The highest BCUT2D eigenvalue weighted by Gasteiger charge is 2.30.